The molecule has 0 saturated carbocycles. The average molecular weight is 434 g/mol. The Morgan fingerprint density at radius 2 is 1.30 bits per heavy atom. The third-order valence-electron chi connectivity index (χ3n) is 4.86. The number of hydrogen-bond acceptors (Lipinski definition) is 5. The molecule has 0 heterocycles. The molecule has 30 heavy (non-hydrogen) atoms. The summed E-state index contributed by atoms with van der Waals surface area (Å²) in [5.74, 6) is -0.624. The minimum atomic E-state index is -6.00. The quantitative estimate of drug-likeness (QED) is 0.230. The highest BCUT2D eigenvalue weighted by Gasteiger charge is 2.49. The van der Waals surface area contributed by atoms with Gasteiger partial charge in [0.25, 0.3) is 0 Å². The predicted molar refractivity (Wildman–Crippen MR) is 109 cm³/mol. The molecule has 0 unspecified atom stereocenters. The summed E-state index contributed by atoms with van der Waals surface area (Å²) in [6, 6.07) is 17.0. The van der Waals surface area contributed by atoms with Crippen molar-refractivity contribution in [2.24, 2.45) is 0 Å². The maximum absolute atomic E-state index is 13.1. The third-order valence-corrected chi connectivity index (χ3v) is 5.81. The molecule has 0 fully saturated rings. The highest BCUT2D eigenvalue weighted by atomic mass is 32.2. The Labute approximate surface area is 169 Å². The van der Waals surface area contributed by atoms with E-state index >= 15 is 0 Å². The number of benzene rings is 4. The van der Waals surface area contributed by atoms with Crippen molar-refractivity contribution < 1.29 is 35.5 Å². The molecule has 4 aromatic carbocycles. The van der Waals surface area contributed by atoms with Gasteiger partial charge in [-0.05, 0) is 26.9 Å². The Hall–Kier alpha value is -2.82. The van der Waals surface area contributed by atoms with Crippen LogP contribution in [0, 0.1) is 0 Å². The Morgan fingerprint density at radius 3 is 1.80 bits per heavy atom. The van der Waals surface area contributed by atoms with Gasteiger partial charge in [-0.25, -0.2) is 0 Å². The van der Waals surface area contributed by atoms with E-state index in [1.165, 1.54) is 6.07 Å². The molecule has 0 saturated heterocycles. The molecule has 154 valence electrons. The molecule has 1 N–H and O–H groups in total. The standard InChI is InChI=1S/C20H14BF3O5S/c1-28-21(25)17-11-10-16-14-8-3-2-6-12(14)13-7-4-5-9-15(13)18(16)19(17)29-30(26,27)20(22,23)24/h2-11,25H,1H3. The van der Waals surface area contributed by atoms with Gasteiger partial charge in [-0.1, -0.05) is 60.7 Å². The van der Waals surface area contributed by atoms with Gasteiger partial charge in [0.15, 0.2) is 5.75 Å². The number of halogens is 3. The summed E-state index contributed by atoms with van der Waals surface area (Å²) in [4.78, 5) is 0. The number of alkyl halides is 3. The molecular formula is C20H14BF3O5S. The summed E-state index contributed by atoms with van der Waals surface area (Å²) in [5, 5.41) is 13.5. The van der Waals surface area contributed by atoms with E-state index in [-0.39, 0.29) is 10.8 Å². The minimum Gasteiger partial charge on any atom is -0.423 e. The SMILES string of the molecule is COB(O)c1ccc2c3ccccc3c3ccccc3c2c1OS(=O)(=O)C(F)(F)F. The third kappa shape index (κ3) is 3.17. The van der Waals surface area contributed by atoms with Crippen LogP contribution in [0.3, 0.4) is 0 Å². The normalized spacial score (nSPS) is 12.6. The van der Waals surface area contributed by atoms with E-state index in [2.05, 4.69) is 4.18 Å². The molecule has 4 rings (SSSR count). The van der Waals surface area contributed by atoms with E-state index in [0.29, 0.717) is 21.5 Å². The lowest BCUT2D eigenvalue weighted by Gasteiger charge is -2.19. The van der Waals surface area contributed by atoms with Crippen LogP contribution < -0.4 is 9.65 Å². The average Bonchev–Trinajstić information content (AvgIpc) is 2.72. The van der Waals surface area contributed by atoms with Crippen LogP contribution in [-0.4, -0.2) is 33.2 Å². The Kier molecular flexibility index (Phi) is 4.88. The van der Waals surface area contributed by atoms with E-state index < -0.39 is 28.5 Å². The van der Waals surface area contributed by atoms with Crippen LogP contribution in [0.4, 0.5) is 13.2 Å². The largest absolute Gasteiger partial charge is 0.534 e. The number of hydrogen-bond donors (Lipinski definition) is 1. The van der Waals surface area contributed by atoms with Gasteiger partial charge in [-0.15, -0.1) is 0 Å². The van der Waals surface area contributed by atoms with E-state index in [9.17, 15) is 26.6 Å². The molecule has 0 atom stereocenters. The van der Waals surface area contributed by atoms with Gasteiger partial charge in [0.1, 0.15) is 0 Å². The second kappa shape index (κ2) is 7.15. The molecule has 0 spiro atoms. The van der Waals surface area contributed by atoms with Crippen molar-refractivity contribution in [2.45, 2.75) is 5.51 Å². The molecular weight excluding hydrogens is 420 g/mol. The molecule has 5 nitrogen and oxygen atoms in total. The molecule has 0 bridgehead atoms. The molecule has 0 radical (unpaired) electrons. The van der Waals surface area contributed by atoms with E-state index in [1.807, 2.05) is 12.1 Å². The van der Waals surface area contributed by atoms with E-state index in [1.54, 1.807) is 42.5 Å². The molecule has 0 aliphatic carbocycles. The van der Waals surface area contributed by atoms with Gasteiger partial charge in [-0.2, -0.15) is 21.6 Å². The van der Waals surface area contributed by atoms with Crippen LogP contribution in [0.1, 0.15) is 0 Å². The summed E-state index contributed by atoms with van der Waals surface area (Å²) in [6.45, 7) is 0. The van der Waals surface area contributed by atoms with Crippen LogP contribution in [0.5, 0.6) is 5.75 Å². The van der Waals surface area contributed by atoms with Crippen molar-refractivity contribution in [3.05, 3.63) is 60.7 Å². The summed E-state index contributed by atoms with van der Waals surface area (Å²) >= 11 is 0. The van der Waals surface area contributed by atoms with Gasteiger partial charge in [0.05, 0.1) is 0 Å². The van der Waals surface area contributed by atoms with Crippen molar-refractivity contribution >= 4 is 55.0 Å². The lowest BCUT2D eigenvalue weighted by Crippen LogP contribution is -2.36. The zero-order valence-electron chi connectivity index (χ0n) is 15.5. The second-order valence-corrected chi connectivity index (χ2v) is 8.11. The van der Waals surface area contributed by atoms with Crippen molar-refractivity contribution in [3.8, 4) is 5.75 Å². The zero-order valence-corrected chi connectivity index (χ0v) is 16.3. The van der Waals surface area contributed by atoms with Crippen molar-refractivity contribution in [3.63, 3.8) is 0 Å². The van der Waals surface area contributed by atoms with Crippen molar-refractivity contribution in [2.75, 3.05) is 7.11 Å². The molecule has 0 aromatic heterocycles. The molecule has 4 aromatic rings. The van der Waals surface area contributed by atoms with Crippen molar-refractivity contribution in [1.29, 1.82) is 0 Å². The monoisotopic (exact) mass is 434 g/mol. The Morgan fingerprint density at radius 1 is 0.833 bits per heavy atom. The van der Waals surface area contributed by atoms with Gasteiger partial charge in [-0.3, -0.25) is 0 Å². The minimum absolute atomic E-state index is 0.130. The topological polar surface area (TPSA) is 72.8 Å². The van der Waals surface area contributed by atoms with E-state index in [4.69, 9.17) is 4.65 Å². The van der Waals surface area contributed by atoms with Gasteiger partial charge in [0, 0.05) is 18.0 Å². The summed E-state index contributed by atoms with van der Waals surface area (Å²) in [7, 11) is -6.56. The predicted octanol–water partition coefficient (Wildman–Crippen LogP) is 3.71. The smallest absolute Gasteiger partial charge is 0.423 e. The lowest BCUT2D eigenvalue weighted by molar-refractivity contribution is -0.0499. The zero-order chi connectivity index (χ0) is 21.7. The van der Waals surface area contributed by atoms with Crippen LogP contribution in [0.2, 0.25) is 0 Å². The van der Waals surface area contributed by atoms with Gasteiger partial charge >= 0.3 is 22.7 Å². The maximum Gasteiger partial charge on any atom is 0.534 e. The highest BCUT2D eigenvalue weighted by molar-refractivity contribution is 7.88. The summed E-state index contributed by atoms with van der Waals surface area (Å²) in [6.07, 6.45) is 0. The fraction of sp³-hybridized carbons (Fsp3) is 0.100. The highest BCUT2D eigenvalue weighted by Crippen LogP contribution is 2.40. The fourth-order valence-corrected chi connectivity index (χ4v) is 4.04. The fourth-order valence-electron chi connectivity index (χ4n) is 3.55. The van der Waals surface area contributed by atoms with Crippen LogP contribution in [0.15, 0.2) is 60.7 Å². The summed E-state index contributed by atoms with van der Waals surface area (Å²) in [5.41, 5.74) is -5.88. The van der Waals surface area contributed by atoms with Gasteiger partial charge in [0.2, 0.25) is 0 Å². The maximum atomic E-state index is 13.1. The Bertz CT molecular complexity index is 1350. The van der Waals surface area contributed by atoms with E-state index in [0.717, 1.165) is 12.5 Å². The first-order chi connectivity index (χ1) is 14.2. The summed E-state index contributed by atoms with van der Waals surface area (Å²) < 4.78 is 72.4. The molecule has 0 amide bonds. The van der Waals surface area contributed by atoms with Crippen molar-refractivity contribution in [1.82, 2.24) is 0 Å². The number of fused-ring (bicyclic) bond motifs is 6. The molecule has 10 heteroatoms. The second-order valence-electron chi connectivity index (χ2n) is 6.57. The van der Waals surface area contributed by atoms with Gasteiger partial charge < -0.3 is 13.9 Å². The van der Waals surface area contributed by atoms with Crippen LogP contribution >= 0.6 is 0 Å². The first-order valence-corrected chi connectivity index (χ1v) is 10.1. The first-order valence-electron chi connectivity index (χ1n) is 8.73. The Balaban J connectivity index is 2.22. The number of rotatable bonds is 4. The van der Waals surface area contributed by atoms with Crippen LogP contribution in [-0.2, 0) is 14.8 Å². The molecule has 0 aliphatic rings. The van der Waals surface area contributed by atoms with Crippen LogP contribution in [0.25, 0.3) is 32.3 Å². The first kappa shape index (κ1) is 20.5. The lowest BCUT2D eigenvalue weighted by atomic mass is 9.77. The molecule has 0 aliphatic heterocycles.